The van der Waals surface area contributed by atoms with Crippen LogP contribution in [0.3, 0.4) is 0 Å². The van der Waals surface area contributed by atoms with E-state index in [-0.39, 0.29) is 0 Å². The van der Waals surface area contributed by atoms with E-state index in [1.54, 1.807) is 0 Å². The third-order valence-electron chi connectivity index (χ3n) is 13.3. The van der Waals surface area contributed by atoms with E-state index >= 15 is 0 Å². The number of furan rings is 1. The van der Waals surface area contributed by atoms with Gasteiger partial charge in [-0.15, -0.1) is 0 Å². The van der Waals surface area contributed by atoms with Crippen LogP contribution in [0.15, 0.2) is 229 Å². The molecular weight excluding hydrogens is 739 g/mol. The van der Waals surface area contributed by atoms with Crippen molar-refractivity contribution in [2.24, 2.45) is 0 Å². The van der Waals surface area contributed by atoms with Crippen molar-refractivity contribution in [1.29, 1.82) is 0 Å². The van der Waals surface area contributed by atoms with Crippen molar-refractivity contribution < 1.29 is 4.42 Å². The van der Waals surface area contributed by atoms with Crippen LogP contribution in [0.2, 0.25) is 0 Å². The molecule has 0 atom stereocenters. The Kier molecular flexibility index (Phi) is 7.26. The molecule has 10 aromatic carbocycles. The Balaban J connectivity index is 1.15. The minimum atomic E-state index is -0.604. The second kappa shape index (κ2) is 13.0. The molecule has 0 radical (unpaired) electrons. The molecule has 0 saturated carbocycles. The maximum Gasteiger partial charge on any atom is 0.159 e. The molecule has 1 aromatic heterocycles. The predicted octanol–water partition coefficient (Wildman–Crippen LogP) is 15.9. The summed E-state index contributed by atoms with van der Waals surface area (Å²) in [5.74, 6) is 0. The highest BCUT2D eigenvalue weighted by atomic mass is 16.3. The maximum absolute atomic E-state index is 7.20. The average molecular weight is 776 g/mol. The van der Waals surface area contributed by atoms with Crippen molar-refractivity contribution in [3.63, 3.8) is 0 Å². The summed E-state index contributed by atoms with van der Waals surface area (Å²) in [7, 11) is 0. The molecule has 61 heavy (non-hydrogen) atoms. The molecule has 0 unspecified atom stereocenters. The van der Waals surface area contributed by atoms with Crippen molar-refractivity contribution in [3.8, 4) is 44.5 Å². The lowest BCUT2D eigenvalue weighted by Crippen LogP contribution is -2.28. The van der Waals surface area contributed by atoms with Crippen LogP contribution in [0.25, 0.3) is 77.2 Å². The van der Waals surface area contributed by atoms with Gasteiger partial charge in [-0.05, 0) is 108 Å². The van der Waals surface area contributed by atoms with E-state index in [1.807, 2.05) is 0 Å². The summed E-state index contributed by atoms with van der Waals surface area (Å²) in [6, 6.07) is 82.2. The third kappa shape index (κ3) is 4.79. The van der Waals surface area contributed by atoms with Gasteiger partial charge in [0.25, 0.3) is 0 Å². The lowest BCUT2D eigenvalue weighted by atomic mass is 9.69. The van der Waals surface area contributed by atoms with Crippen molar-refractivity contribution in [1.82, 2.24) is 0 Å². The topological polar surface area (TPSA) is 16.4 Å². The van der Waals surface area contributed by atoms with E-state index in [0.29, 0.717) is 0 Å². The number of hydrogen-bond acceptors (Lipinski definition) is 2. The van der Waals surface area contributed by atoms with E-state index in [4.69, 9.17) is 4.42 Å². The number of rotatable bonds is 5. The van der Waals surface area contributed by atoms with Crippen LogP contribution in [0.4, 0.5) is 17.1 Å². The zero-order valence-electron chi connectivity index (χ0n) is 33.2. The van der Waals surface area contributed by atoms with Gasteiger partial charge in [-0.25, -0.2) is 0 Å². The monoisotopic (exact) mass is 775 g/mol. The summed E-state index contributed by atoms with van der Waals surface area (Å²) < 4.78 is 7.20. The highest BCUT2D eigenvalue weighted by Crippen LogP contribution is 2.66. The molecule has 2 heteroatoms. The molecule has 0 aliphatic heterocycles. The van der Waals surface area contributed by atoms with Gasteiger partial charge < -0.3 is 9.32 Å². The Morgan fingerprint density at radius 2 is 0.836 bits per heavy atom. The summed E-state index contributed by atoms with van der Waals surface area (Å²) in [6.07, 6.45) is 0. The van der Waals surface area contributed by atoms with Crippen LogP contribution >= 0.6 is 0 Å². The molecule has 13 rings (SSSR count). The van der Waals surface area contributed by atoms with Gasteiger partial charge in [0.05, 0.1) is 11.1 Å². The molecule has 11 aromatic rings. The number of hydrogen-bond donors (Lipinski definition) is 0. The van der Waals surface area contributed by atoms with Crippen LogP contribution in [0.1, 0.15) is 22.3 Å². The number of fused-ring (bicyclic) bond motifs is 14. The van der Waals surface area contributed by atoms with E-state index in [9.17, 15) is 0 Å². The second-order valence-corrected chi connectivity index (χ2v) is 16.3. The largest absolute Gasteiger partial charge is 0.454 e. The van der Waals surface area contributed by atoms with Gasteiger partial charge in [-0.1, -0.05) is 188 Å². The van der Waals surface area contributed by atoms with Crippen LogP contribution in [-0.4, -0.2) is 0 Å². The first kappa shape index (κ1) is 34.0. The van der Waals surface area contributed by atoms with Crippen molar-refractivity contribution in [2.45, 2.75) is 5.41 Å². The molecule has 2 nitrogen and oxygen atoms in total. The van der Waals surface area contributed by atoms with Gasteiger partial charge in [0.2, 0.25) is 0 Å². The maximum atomic E-state index is 7.20. The predicted molar refractivity (Wildman–Crippen MR) is 253 cm³/mol. The molecule has 0 bridgehead atoms. The zero-order chi connectivity index (χ0) is 40.1. The standard InChI is InChI=1S/C59H37NO/c1-2-15-38(16-3-1)39-29-33-42(34-30-39)60(43-35-31-41(32-36-43)45-24-14-18-40-17-4-5-19-44(40)45)57-56-50(37-51-49-23-9-13-28-55(49)61-58(51)57)48-22-8-12-27-54(48)59(56)52-25-10-6-20-46(52)47-21-7-11-26-53(47)59/h1-37H. The first-order valence-corrected chi connectivity index (χ1v) is 21.1. The van der Waals surface area contributed by atoms with E-state index < -0.39 is 5.41 Å². The molecular formula is C59H37NO. The van der Waals surface area contributed by atoms with Gasteiger partial charge in [0, 0.05) is 27.7 Å². The molecule has 1 heterocycles. The Bertz CT molecular complexity index is 3470. The molecule has 0 fully saturated rings. The van der Waals surface area contributed by atoms with Crippen LogP contribution in [-0.2, 0) is 5.41 Å². The Labute approximate surface area is 354 Å². The van der Waals surface area contributed by atoms with Gasteiger partial charge in [0.15, 0.2) is 5.58 Å². The van der Waals surface area contributed by atoms with E-state index in [2.05, 4.69) is 229 Å². The SMILES string of the molecule is c1ccc(-c2ccc(N(c3ccc(-c4cccc5ccccc45)cc3)c3c4c(cc5c3oc3ccccc35)-c3ccccc3C43c4ccccc4-c4ccccc43)cc2)cc1. The number of benzene rings is 10. The molecule has 0 saturated heterocycles. The highest BCUT2D eigenvalue weighted by molar-refractivity contribution is 6.16. The van der Waals surface area contributed by atoms with Crippen molar-refractivity contribution in [3.05, 3.63) is 247 Å². The fourth-order valence-corrected chi connectivity index (χ4v) is 10.7. The Morgan fingerprint density at radius 1 is 0.344 bits per heavy atom. The molecule has 2 aliphatic rings. The minimum absolute atomic E-state index is 0.604. The third-order valence-corrected chi connectivity index (χ3v) is 13.3. The Hall–Kier alpha value is -7.94. The molecule has 284 valence electrons. The summed E-state index contributed by atoms with van der Waals surface area (Å²) in [5, 5.41) is 4.69. The normalized spacial score (nSPS) is 13.0. The quantitative estimate of drug-likeness (QED) is 0.173. The summed E-state index contributed by atoms with van der Waals surface area (Å²) >= 11 is 0. The fraction of sp³-hybridized carbons (Fsp3) is 0.0169. The van der Waals surface area contributed by atoms with E-state index in [0.717, 1.165) is 39.0 Å². The summed E-state index contributed by atoms with van der Waals surface area (Å²) in [5.41, 5.74) is 19.2. The first-order chi connectivity index (χ1) is 30.3. The van der Waals surface area contributed by atoms with Gasteiger partial charge in [-0.2, -0.15) is 0 Å². The summed E-state index contributed by atoms with van der Waals surface area (Å²) in [4.78, 5) is 2.47. The van der Waals surface area contributed by atoms with Crippen LogP contribution < -0.4 is 4.90 Å². The number of anilines is 3. The minimum Gasteiger partial charge on any atom is -0.454 e. The molecule has 2 aliphatic carbocycles. The van der Waals surface area contributed by atoms with E-state index in [1.165, 1.54) is 77.5 Å². The van der Waals surface area contributed by atoms with Gasteiger partial charge in [0.1, 0.15) is 5.58 Å². The lowest BCUT2D eigenvalue weighted by Gasteiger charge is -2.36. The first-order valence-electron chi connectivity index (χ1n) is 21.1. The van der Waals surface area contributed by atoms with Crippen molar-refractivity contribution >= 4 is 49.8 Å². The lowest BCUT2D eigenvalue weighted by molar-refractivity contribution is 0.667. The van der Waals surface area contributed by atoms with Gasteiger partial charge in [-0.3, -0.25) is 0 Å². The highest BCUT2D eigenvalue weighted by Gasteiger charge is 2.54. The van der Waals surface area contributed by atoms with Crippen LogP contribution in [0, 0.1) is 0 Å². The number of para-hydroxylation sites is 1. The Morgan fingerprint density at radius 3 is 1.51 bits per heavy atom. The fourth-order valence-electron chi connectivity index (χ4n) is 10.7. The van der Waals surface area contributed by atoms with Crippen LogP contribution in [0.5, 0.6) is 0 Å². The summed E-state index contributed by atoms with van der Waals surface area (Å²) in [6.45, 7) is 0. The molecule has 0 N–H and O–H groups in total. The smallest absolute Gasteiger partial charge is 0.159 e. The molecule has 1 spiro atoms. The second-order valence-electron chi connectivity index (χ2n) is 16.3. The number of nitrogens with zero attached hydrogens (tertiary/aromatic N) is 1. The zero-order valence-corrected chi connectivity index (χ0v) is 33.2. The van der Waals surface area contributed by atoms with Gasteiger partial charge >= 0.3 is 0 Å². The van der Waals surface area contributed by atoms with Crippen molar-refractivity contribution in [2.75, 3.05) is 4.90 Å². The average Bonchev–Trinajstić information content (AvgIpc) is 3.96. The molecule has 0 amide bonds.